The van der Waals surface area contributed by atoms with Crippen molar-refractivity contribution in [2.45, 2.75) is 24.6 Å². The van der Waals surface area contributed by atoms with Gasteiger partial charge in [0.1, 0.15) is 18.4 Å². The number of nitrogens with one attached hydrogen (secondary N) is 2. The molecule has 0 spiro atoms. The van der Waals surface area contributed by atoms with Gasteiger partial charge in [0.15, 0.2) is 0 Å². The molecule has 1 aromatic rings. The molecule has 190 valence electrons. The van der Waals surface area contributed by atoms with E-state index in [0.717, 1.165) is 0 Å². The van der Waals surface area contributed by atoms with Crippen LogP contribution in [0.2, 0.25) is 5.02 Å². The van der Waals surface area contributed by atoms with Crippen LogP contribution in [0, 0.1) is 0 Å². The summed E-state index contributed by atoms with van der Waals surface area (Å²) in [6, 6.07) is 5.61. The number of hydrazine groups is 1. The molecular weight excluding hydrogens is 490 g/mol. The predicted molar refractivity (Wildman–Crippen MR) is 137 cm³/mol. The molecule has 4 amide bonds. The molecule has 4 rings (SSSR count). The largest absolute Gasteiger partial charge is 0.361 e. The van der Waals surface area contributed by atoms with Crippen LogP contribution in [-0.2, 0) is 9.59 Å². The Bertz CT molecular complexity index is 1010. The fraction of sp³-hybridized carbons (Fsp3) is 0.522. The normalized spacial score (nSPS) is 19.6. The molecule has 2 saturated heterocycles. The van der Waals surface area contributed by atoms with Crippen LogP contribution >= 0.6 is 23.4 Å². The minimum atomic E-state index is -0.726. The van der Waals surface area contributed by atoms with Gasteiger partial charge in [-0.05, 0) is 44.4 Å². The second-order valence-electron chi connectivity index (χ2n) is 9.42. The Balaban J connectivity index is 1.37. The number of fused-ring (bicyclic) bond motifs is 1. The summed E-state index contributed by atoms with van der Waals surface area (Å²) in [7, 11) is 1.95. The Morgan fingerprint density at radius 2 is 1.74 bits per heavy atom. The molecular formula is C23H32ClN7O3S. The average molecular weight is 522 g/mol. The van der Waals surface area contributed by atoms with Crippen molar-refractivity contribution in [2.24, 2.45) is 0 Å². The number of halogens is 1. The summed E-state index contributed by atoms with van der Waals surface area (Å²) in [5.41, 5.74) is 1.30. The number of hydrogen-bond acceptors (Lipinski definition) is 7. The molecule has 0 saturated carbocycles. The number of thioether (sulfide) groups is 1. The third-order valence-corrected chi connectivity index (χ3v) is 8.13. The van der Waals surface area contributed by atoms with Crippen LogP contribution in [0.3, 0.4) is 0 Å². The topological polar surface area (TPSA) is 91.5 Å². The highest BCUT2D eigenvalue weighted by Crippen LogP contribution is 2.29. The molecule has 10 nitrogen and oxygen atoms in total. The first-order valence-electron chi connectivity index (χ1n) is 11.5. The molecule has 1 atom stereocenters. The molecule has 3 heterocycles. The van der Waals surface area contributed by atoms with Crippen molar-refractivity contribution in [3.63, 3.8) is 0 Å². The van der Waals surface area contributed by atoms with Crippen molar-refractivity contribution in [1.29, 1.82) is 0 Å². The van der Waals surface area contributed by atoms with E-state index in [1.165, 1.54) is 11.8 Å². The number of rotatable bonds is 6. The molecule has 2 fully saturated rings. The zero-order valence-corrected chi connectivity index (χ0v) is 22.0. The maximum atomic E-state index is 13.6. The number of benzene rings is 1. The number of hydrogen-bond donors (Lipinski definition) is 2. The van der Waals surface area contributed by atoms with Crippen LogP contribution in [0.5, 0.6) is 0 Å². The predicted octanol–water partition coefficient (Wildman–Crippen LogP) is 1.88. The van der Waals surface area contributed by atoms with Gasteiger partial charge in [0.25, 0.3) is 5.91 Å². The number of carbonyl (C=O) groups is 3. The second kappa shape index (κ2) is 10.2. The number of nitrogens with zero attached hydrogens (tertiary/aromatic N) is 5. The van der Waals surface area contributed by atoms with E-state index in [2.05, 4.69) is 10.6 Å². The van der Waals surface area contributed by atoms with Gasteiger partial charge in [-0.15, -0.1) is 0 Å². The smallest absolute Gasteiger partial charge is 0.319 e. The average Bonchev–Trinajstić information content (AvgIpc) is 3.35. The molecule has 0 bridgehead atoms. The SMILES string of the molecule is CSC(C)(C)[C@@H](NC(=O)Nc1ccc(Cl)cc1)C(=O)N1CCN(N2CN3CN(C)C=C3C2=O)CC1. The van der Waals surface area contributed by atoms with E-state index in [4.69, 9.17) is 11.6 Å². The van der Waals surface area contributed by atoms with Gasteiger partial charge in [0, 0.05) is 54.9 Å². The van der Waals surface area contributed by atoms with Gasteiger partial charge in [0.2, 0.25) is 5.91 Å². The standard InChI is InChI=1S/C23H32ClN7O3S/c1-23(2,35-4)19(26-22(34)25-17-7-5-16(24)6-8-17)21(33)28-9-11-30(12-10-28)31-15-29-14-27(3)13-18(29)20(31)32/h5-8,13,19H,9-12,14-15H2,1-4H3,(H2,25,26,34)/t19-/m0/s1. The summed E-state index contributed by atoms with van der Waals surface area (Å²) >= 11 is 7.44. The van der Waals surface area contributed by atoms with Crippen molar-refractivity contribution >= 4 is 46.9 Å². The van der Waals surface area contributed by atoms with Gasteiger partial charge in [-0.3, -0.25) is 9.59 Å². The minimum Gasteiger partial charge on any atom is -0.361 e. The molecule has 3 aliphatic heterocycles. The molecule has 0 unspecified atom stereocenters. The fourth-order valence-corrected chi connectivity index (χ4v) is 4.91. The van der Waals surface area contributed by atoms with E-state index in [0.29, 0.717) is 55.9 Å². The van der Waals surface area contributed by atoms with E-state index < -0.39 is 16.8 Å². The highest BCUT2D eigenvalue weighted by Gasteiger charge is 2.42. The maximum Gasteiger partial charge on any atom is 0.319 e. The van der Waals surface area contributed by atoms with Crippen molar-refractivity contribution in [2.75, 3.05) is 58.1 Å². The van der Waals surface area contributed by atoms with Gasteiger partial charge in [-0.1, -0.05) is 11.6 Å². The number of urea groups is 1. The Kier molecular flexibility index (Phi) is 7.39. The lowest BCUT2D eigenvalue weighted by Crippen LogP contribution is -2.62. The Morgan fingerprint density at radius 1 is 1.09 bits per heavy atom. The quantitative estimate of drug-likeness (QED) is 0.590. The molecule has 12 heteroatoms. The third-order valence-electron chi connectivity index (χ3n) is 6.59. The Morgan fingerprint density at radius 3 is 2.34 bits per heavy atom. The number of piperazine rings is 1. The van der Waals surface area contributed by atoms with Gasteiger partial charge in [-0.2, -0.15) is 11.8 Å². The minimum absolute atomic E-state index is 0.00365. The fourth-order valence-electron chi connectivity index (χ4n) is 4.39. The number of amides is 4. The molecule has 3 aliphatic rings. The maximum absolute atomic E-state index is 13.6. The molecule has 0 radical (unpaired) electrons. The summed E-state index contributed by atoms with van der Waals surface area (Å²) in [5, 5.41) is 10.0. The van der Waals surface area contributed by atoms with E-state index in [-0.39, 0.29) is 11.8 Å². The van der Waals surface area contributed by atoms with Crippen LogP contribution < -0.4 is 10.6 Å². The highest BCUT2D eigenvalue weighted by atomic mass is 35.5. The first-order chi connectivity index (χ1) is 16.6. The van der Waals surface area contributed by atoms with Gasteiger partial charge in [0.05, 0.1) is 6.67 Å². The van der Waals surface area contributed by atoms with Crippen molar-refractivity contribution in [3.8, 4) is 0 Å². The van der Waals surface area contributed by atoms with Crippen LogP contribution in [0.15, 0.2) is 36.2 Å². The van der Waals surface area contributed by atoms with Crippen LogP contribution in [0.1, 0.15) is 13.8 Å². The van der Waals surface area contributed by atoms with Crippen LogP contribution in [0.25, 0.3) is 0 Å². The Labute approximate surface area is 215 Å². The molecule has 1 aromatic carbocycles. The second-order valence-corrected chi connectivity index (χ2v) is 11.3. The first-order valence-corrected chi connectivity index (χ1v) is 13.1. The van der Waals surface area contributed by atoms with Gasteiger partial charge < -0.3 is 25.3 Å². The summed E-state index contributed by atoms with van der Waals surface area (Å²) in [6.07, 6.45) is 3.80. The summed E-state index contributed by atoms with van der Waals surface area (Å²) in [6.45, 7) is 7.17. The molecule has 0 aliphatic carbocycles. The highest BCUT2D eigenvalue weighted by molar-refractivity contribution is 8.00. The summed E-state index contributed by atoms with van der Waals surface area (Å²) in [5.74, 6) is -0.135. The molecule has 35 heavy (non-hydrogen) atoms. The Hall–Kier alpha value is -2.63. The number of anilines is 1. The lowest BCUT2D eigenvalue weighted by atomic mass is 10.0. The molecule has 0 aromatic heterocycles. The van der Waals surface area contributed by atoms with Gasteiger partial charge in [-0.25, -0.2) is 14.8 Å². The van der Waals surface area contributed by atoms with Gasteiger partial charge >= 0.3 is 6.03 Å². The zero-order chi connectivity index (χ0) is 25.3. The lowest BCUT2D eigenvalue weighted by molar-refractivity contribution is -0.149. The van der Waals surface area contributed by atoms with Crippen molar-refractivity contribution in [1.82, 2.24) is 30.0 Å². The van der Waals surface area contributed by atoms with Crippen molar-refractivity contribution < 1.29 is 14.4 Å². The van der Waals surface area contributed by atoms with E-state index in [9.17, 15) is 14.4 Å². The third kappa shape index (κ3) is 5.46. The first kappa shape index (κ1) is 25.5. The summed E-state index contributed by atoms with van der Waals surface area (Å²) in [4.78, 5) is 44.9. The van der Waals surface area contributed by atoms with E-state index in [1.54, 1.807) is 34.2 Å². The molecule has 2 N–H and O–H groups in total. The lowest BCUT2D eigenvalue weighted by Gasteiger charge is -2.42. The van der Waals surface area contributed by atoms with E-state index in [1.807, 2.05) is 48.2 Å². The zero-order valence-electron chi connectivity index (χ0n) is 20.5. The summed E-state index contributed by atoms with van der Waals surface area (Å²) < 4.78 is -0.528. The monoisotopic (exact) mass is 521 g/mol. The van der Waals surface area contributed by atoms with E-state index >= 15 is 0 Å². The number of carbonyl (C=O) groups excluding carboxylic acids is 3. The van der Waals surface area contributed by atoms with Crippen LogP contribution in [-0.4, -0.2) is 106 Å². The van der Waals surface area contributed by atoms with Crippen molar-refractivity contribution in [3.05, 3.63) is 41.2 Å². The van der Waals surface area contributed by atoms with Crippen LogP contribution in [0.4, 0.5) is 10.5 Å².